The number of hydrogen-bond acceptors (Lipinski definition) is 19. The lowest BCUT2D eigenvalue weighted by molar-refractivity contribution is -0.140. The average molecular weight is 1300 g/mol. The molecule has 2 heterocycles. The Bertz CT molecular complexity index is 2720. The Morgan fingerprint density at radius 1 is 0.685 bits per heavy atom. The summed E-state index contributed by atoms with van der Waals surface area (Å²) < 4.78 is 0. The highest BCUT2D eigenvalue weighted by molar-refractivity contribution is 6.00. The van der Waals surface area contributed by atoms with Gasteiger partial charge in [-0.15, -0.1) is 0 Å². The maximum Gasteiger partial charge on any atom is 0.248 e. The van der Waals surface area contributed by atoms with Crippen LogP contribution in [0.4, 0.5) is 0 Å². The summed E-state index contributed by atoms with van der Waals surface area (Å²) in [7, 11) is 0. The van der Waals surface area contributed by atoms with Crippen molar-refractivity contribution in [1.29, 1.82) is 5.41 Å². The normalized spacial score (nSPS) is 24.7. The van der Waals surface area contributed by atoms with Crippen molar-refractivity contribution in [2.75, 3.05) is 19.7 Å². The van der Waals surface area contributed by atoms with Gasteiger partial charge in [-0.3, -0.25) is 67.9 Å². The lowest BCUT2D eigenvalue weighted by Crippen LogP contribution is -2.65. The fourth-order valence-electron chi connectivity index (χ4n) is 9.56. The smallest absolute Gasteiger partial charge is 0.248 e. The Kier molecular flexibility index (Phi) is 32.0. The van der Waals surface area contributed by atoms with Crippen molar-refractivity contribution in [2.45, 2.75) is 213 Å². The molecule has 1 fully saturated rings. The average Bonchev–Trinajstić information content (AvgIpc) is 0.845. The highest BCUT2D eigenvalue weighted by Crippen LogP contribution is 2.25. The number of nitrogens with zero attached hydrogens (tertiary/aromatic N) is 1. The van der Waals surface area contributed by atoms with E-state index in [-0.39, 0.29) is 56.6 Å². The van der Waals surface area contributed by atoms with E-state index in [2.05, 4.69) is 63.5 Å². The van der Waals surface area contributed by atoms with Gasteiger partial charge >= 0.3 is 0 Å². The minimum absolute atomic E-state index is 0.0138. The molecule has 15 atom stereocenters. The fraction of sp³-hybridized carbons (Fsp3) is 0.695. The van der Waals surface area contributed by atoms with E-state index in [0.717, 1.165) is 13.1 Å². The van der Waals surface area contributed by atoms with Crippen LogP contribution in [0.25, 0.3) is 0 Å². The van der Waals surface area contributed by atoms with E-state index in [9.17, 15) is 73.2 Å². The van der Waals surface area contributed by atoms with Crippen LogP contribution in [0.5, 0.6) is 0 Å². The quantitative estimate of drug-likeness (QED) is 0.0310. The molecule has 0 radical (unpaired) electrons. The fourth-order valence-corrected chi connectivity index (χ4v) is 9.56. The second-order valence-corrected chi connectivity index (χ2v) is 26.4. The van der Waals surface area contributed by atoms with Gasteiger partial charge in [-0.1, -0.05) is 95.6 Å². The molecule has 12 amide bonds. The van der Waals surface area contributed by atoms with Gasteiger partial charge in [0.25, 0.3) is 0 Å². The first-order chi connectivity index (χ1) is 42.6. The van der Waals surface area contributed by atoms with Crippen molar-refractivity contribution in [2.24, 2.45) is 45.8 Å². The summed E-state index contributed by atoms with van der Waals surface area (Å²) in [4.78, 5) is 175. The molecule has 1 aliphatic heterocycles. The van der Waals surface area contributed by atoms with Crippen molar-refractivity contribution in [3.8, 4) is 0 Å². The topological polar surface area (TPSA) is 545 Å². The summed E-state index contributed by atoms with van der Waals surface area (Å²) in [5, 5.41) is 81.1. The van der Waals surface area contributed by atoms with Crippen molar-refractivity contribution >= 4 is 76.8 Å². The van der Waals surface area contributed by atoms with Crippen LogP contribution in [0.2, 0.25) is 0 Å². The Morgan fingerprint density at radius 3 is 1.75 bits per heavy atom. The molecule has 0 aromatic carbocycles. The standard InChI is InChI=1S/C59H101N17O16/c1-14-29(6)38-53(89)73-39(30(7)78)52(88)66-25-37(79)71-43(45(81)46(61)82)56(92)70-36(26-77)51(87)74-40(31-17-15-19-64-24-31)41(75-50(86)35(23-59(11,12)13)69-47(83)32(60)22-58(8,9)10)54(90)76-42(44(80)28(4)5)55(91)68-34(21-27(2)3)49(85)67-33(48(84)72-38)18-16-20-65-57(62)63/h15,17,19,24,27-30,32-36,38-45,77-78,80-81H,14,16,18,20-23,25-26,60H2,1-13H3,(H2,61,82)(H,66,88)(H,67,85)(H,68,91)(H,69,83)(H,70,92)(H,71,79)(H,72,84)(H,73,89)(H,74,87)(H,75,86)(H,76,90)(H4,62,63,65)/t29-,30-,32+,33+,34-,35-,36?,38-,39-,40+,41-,42-,43-,44+,45-/m0/s1. The van der Waals surface area contributed by atoms with Gasteiger partial charge in [0.2, 0.25) is 70.9 Å². The second kappa shape index (κ2) is 36.8. The second-order valence-electron chi connectivity index (χ2n) is 26.4. The first-order valence-corrected chi connectivity index (χ1v) is 30.6. The predicted octanol–water partition coefficient (Wildman–Crippen LogP) is -5.48. The summed E-state index contributed by atoms with van der Waals surface area (Å²) in [5.41, 5.74) is 15.9. The summed E-state index contributed by atoms with van der Waals surface area (Å²) in [5.74, 6) is -16.7. The highest BCUT2D eigenvalue weighted by atomic mass is 16.3. The van der Waals surface area contributed by atoms with E-state index < -0.39 is 197 Å². The van der Waals surface area contributed by atoms with Crippen LogP contribution in [-0.2, 0) is 57.5 Å². The van der Waals surface area contributed by atoms with Crippen LogP contribution < -0.4 is 81.0 Å². The molecule has 1 unspecified atom stereocenters. The number of rotatable bonds is 21. The van der Waals surface area contributed by atoms with Crippen LogP contribution >= 0.6 is 0 Å². The zero-order chi connectivity index (χ0) is 70.3. The number of nitrogens with one attached hydrogen (secondary N) is 13. The van der Waals surface area contributed by atoms with E-state index >= 15 is 4.79 Å². The minimum atomic E-state index is -2.57. The molecule has 0 spiro atoms. The van der Waals surface area contributed by atoms with Crippen molar-refractivity contribution < 1.29 is 78.0 Å². The predicted molar refractivity (Wildman–Crippen MR) is 334 cm³/mol. The highest BCUT2D eigenvalue weighted by Gasteiger charge is 2.43. The summed E-state index contributed by atoms with van der Waals surface area (Å²) in [6.07, 6.45) is -3.60. The van der Waals surface area contributed by atoms with Gasteiger partial charge in [0, 0.05) is 18.9 Å². The molecule has 2 rings (SSSR count). The maximum atomic E-state index is 15.5. The molecule has 1 aromatic rings. The van der Waals surface area contributed by atoms with Crippen molar-refractivity contribution in [3.63, 3.8) is 0 Å². The lowest BCUT2D eigenvalue weighted by atomic mass is 9.86. The molecule has 92 heavy (non-hydrogen) atoms. The van der Waals surface area contributed by atoms with Gasteiger partial charge in [0.1, 0.15) is 54.4 Å². The molecule has 0 aliphatic carbocycles. The molecule has 33 nitrogen and oxygen atoms in total. The van der Waals surface area contributed by atoms with Crippen LogP contribution in [0, 0.1) is 34.0 Å². The number of primary amides is 1. The number of guanidine groups is 1. The van der Waals surface area contributed by atoms with Gasteiger partial charge < -0.3 is 101 Å². The van der Waals surface area contributed by atoms with E-state index in [1.54, 1.807) is 48.5 Å². The van der Waals surface area contributed by atoms with Gasteiger partial charge in [-0.05, 0) is 79.2 Å². The molecule has 1 aliphatic rings. The van der Waals surface area contributed by atoms with Crippen LogP contribution in [0.15, 0.2) is 24.5 Å². The number of aliphatic hydroxyl groups is 4. The molecule has 1 saturated heterocycles. The summed E-state index contributed by atoms with van der Waals surface area (Å²) in [6, 6.07) is -16.9. The Morgan fingerprint density at radius 2 is 1.23 bits per heavy atom. The van der Waals surface area contributed by atoms with Crippen LogP contribution in [-0.4, -0.2) is 201 Å². The molecule has 518 valence electrons. The first-order valence-electron chi connectivity index (χ1n) is 30.6. The van der Waals surface area contributed by atoms with Gasteiger partial charge in [0.15, 0.2) is 12.1 Å². The summed E-state index contributed by atoms with van der Waals surface area (Å²) >= 11 is 0. The van der Waals surface area contributed by atoms with Gasteiger partial charge in [0.05, 0.1) is 37.4 Å². The van der Waals surface area contributed by atoms with E-state index in [0.29, 0.717) is 0 Å². The van der Waals surface area contributed by atoms with E-state index in [1.807, 2.05) is 26.1 Å². The minimum Gasteiger partial charge on any atom is -0.394 e. The zero-order valence-corrected chi connectivity index (χ0v) is 54.9. The molecule has 23 N–H and O–H groups in total. The number of carbonyl (C=O) groups excluding carboxylic acids is 12. The Hall–Kier alpha value is -8.14. The largest absolute Gasteiger partial charge is 0.394 e. The molecule has 0 bridgehead atoms. The van der Waals surface area contributed by atoms with E-state index in [4.69, 9.17) is 22.6 Å². The third-order valence-corrected chi connectivity index (χ3v) is 14.7. The number of aliphatic hydroxyl groups excluding tert-OH is 4. The summed E-state index contributed by atoms with van der Waals surface area (Å²) in [6.45, 7) is 19.2. The third kappa shape index (κ3) is 26.6. The third-order valence-electron chi connectivity index (χ3n) is 14.7. The number of carbonyl (C=O) groups is 12. The van der Waals surface area contributed by atoms with Gasteiger partial charge in [-0.2, -0.15) is 0 Å². The number of aromatic nitrogens is 1. The number of hydrogen-bond donors (Lipinski definition) is 20. The number of nitrogens with two attached hydrogens (primary N) is 3. The van der Waals surface area contributed by atoms with Crippen molar-refractivity contribution in [1.82, 2.24) is 68.8 Å². The Balaban J connectivity index is 3.15. The lowest BCUT2D eigenvalue weighted by Gasteiger charge is -2.35. The van der Waals surface area contributed by atoms with Crippen LogP contribution in [0.3, 0.4) is 0 Å². The molecular formula is C59H101N17O16. The molecule has 0 saturated carbocycles. The molecular weight excluding hydrogens is 1200 g/mol. The van der Waals surface area contributed by atoms with Gasteiger partial charge in [-0.25, -0.2) is 0 Å². The zero-order valence-electron chi connectivity index (χ0n) is 54.9. The molecule has 1 aromatic heterocycles. The number of amides is 12. The Labute approximate surface area is 536 Å². The molecule has 33 heteroatoms. The van der Waals surface area contributed by atoms with Crippen LogP contribution in [0.1, 0.15) is 140 Å². The van der Waals surface area contributed by atoms with E-state index in [1.165, 1.54) is 32.2 Å². The van der Waals surface area contributed by atoms with Crippen molar-refractivity contribution in [3.05, 3.63) is 30.1 Å². The first kappa shape index (κ1) is 80.0. The monoisotopic (exact) mass is 1300 g/mol. The maximum absolute atomic E-state index is 15.5. The number of pyridine rings is 1. The SMILES string of the molecule is CC[C@H](C)[C@@H]1NC(=O)[C@@H](CCCNC(=N)N)NC(=O)[C@H](CC(C)C)NC(=O)[C@H]([C@H](O)C(C)C)NC(=O)[C@@H](NC(=O)[C@H](CC(C)(C)C)NC(=O)[C@H](N)CC(C)(C)C)[C@@H](c2cccnc2)NC(=O)C(CO)NC(=O)[C@H]([C@H](O)C(N)=O)NC(=O)CNC(=O)[C@H]([C@H](C)O)NC1=O.